The minimum atomic E-state index is -0.0279. The summed E-state index contributed by atoms with van der Waals surface area (Å²) in [6, 6.07) is 5.39. The number of nitrogens with zero attached hydrogens (tertiary/aromatic N) is 3. The molecule has 120 valence electrons. The van der Waals surface area contributed by atoms with Crippen LogP contribution in [0.1, 0.15) is 23.2 Å². The van der Waals surface area contributed by atoms with Crippen LogP contribution >= 0.6 is 11.6 Å². The Balaban J connectivity index is 1.57. The van der Waals surface area contributed by atoms with Crippen LogP contribution in [0.15, 0.2) is 30.6 Å². The molecule has 0 saturated carbocycles. The summed E-state index contributed by atoms with van der Waals surface area (Å²) in [6.45, 7) is 1.59. The average molecular weight is 334 g/mol. The molecule has 1 aromatic heterocycles. The van der Waals surface area contributed by atoms with Gasteiger partial charge in [0.15, 0.2) is 11.5 Å². The summed E-state index contributed by atoms with van der Waals surface area (Å²) >= 11 is 6.19. The van der Waals surface area contributed by atoms with E-state index in [1.54, 1.807) is 18.3 Å². The van der Waals surface area contributed by atoms with E-state index in [-0.39, 0.29) is 18.7 Å². The lowest BCUT2D eigenvalue weighted by atomic mass is 10.1. The van der Waals surface area contributed by atoms with Gasteiger partial charge in [-0.25, -0.2) is 0 Å². The number of likely N-dealkylation sites (tertiary alicyclic amines) is 1. The van der Waals surface area contributed by atoms with Crippen molar-refractivity contribution in [2.75, 3.05) is 13.3 Å². The lowest BCUT2D eigenvalue weighted by molar-refractivity contribution is 0.0721. The highest BCUT2D eigenvalue weighted by Gasteiger charge is 2.31. The van der Waals surface area contributed by atoms with Crippen molar-refractivity contribution in [3.05, 3.63) is 41.2 Å². The number of carbonyl (C=O) groups excluding carboxylic acids is 1. The van der Waals surface area contributed by atoms with E-state index < -0.39 is 0 Å². The SMILES string of the molecule is O=C(c1cc(Cl)c2c(c1)OCO2)N1CCC[C@H]1Cn1cccn1. The molecule has 1 saturated heterocycles. The van der Waals surface area contributed by atoms with Crippen LogP contribution < -0.4 is 9.47 Å². The Bertz CT molecular complexity index is 732. The largest absolute Gasteiger partial charge is 0.454 e. The van der Waals surface area contributed by atoms with E-state index in [1.807, 2.05) is 21.8 Å². The predicted molar refractivity (Wildman–Crippen MR) is 83.9 cm³/mol. The summed E-state index contributed by atoms with van der Waals surface area (Å²) in [4.78, 5) is 14.8. The Morgan fingerprint density at radius 1 is 1.39 bits per heavy atom. The van der Waals surface area contributed by atoms with Gasteiger partial charge in [-0.05, 0) is 31.0 Å². The summed E-state index contributed by atoms with van der Waals surface area (Å²) in [5.74, 6) is 1.02. The molecular weight excluding hydrogens is 318 g/mol. The van der Waals surface area contributed by atoms with Crippen molar-refractivity contribution in [3.63, 3.8) is 0 Å². The summed E-state index contributed by atoms with van der Waals surface area (Å²) in [7, 11) is 0. The quantitative estimate of drug-likeness (QED) is 0.866. The maximum absolute atomic E-state index is 12.9. The molecule has 3 heterocycles. The molecule has 1 atom stereocenters. The predicted octanol–water partition coefficient (Wildman–Crippen LogP) is 2.57. The maximum atomic E-state index is 12.9. The number of ether oxygens (including phenoxy) is 2. The number of halogens is 1. The van der Waals surface area contributed by atoms with Gasteiger partial charge in [0.25, 0.3) is 5.91 Å². The Labute approximate surface area is 138 Å². The van der Waals surface area contributed by atoms with Gasteiger partial charge in [0.2, 0.25) is 6.79 Å². The third kappa shape index (κ3) is 2.63. The van der Waals surface area contributed by atoms with E-state index in [1.165, 1.54) is 0 Å². The molecule has 1 fully saturated rings. The first-order valence-corrected chi connectivity index (χ1v) is 7.98. The fraction of sp³-hybridized carbons (Fsp3) is 0.375. The van der Waals surface area contributed by atoms with Gasteiger partial charge in [-0.3, -0.25) is 9.48 Å². The van der Waals surface area contributed by atoms with Crippen LogP contribution in [0.25, 0.3) is 0 Å². The third-order valence-electron chi connectivity index (χ3n) is 4.27. The second-order valence-corrected chi connectivity index (χ2v) is 6.12. The molecule has 2 aliphatic heterocycles. The number of hydrogen-bond acceptors (Lipinski definition) is 4. The van der Waals surface area contributed by atoms with E-state index in [4.69, 9.17) is 21.1 Å². The second kappa shape index (κ2) is 5.77. The lowest BCUT2D eigenvalue weighted by Gasteiger charge is -2.25. The van der Waals surface area contributed by atoms with Gasteiger partial charge in [-0.2, -0.15) is 5.10 Å². The summed E-state index contributed by atoms with van der Waals surface area (Å²) in [6.07, 6.45) is 5.64. The first-order chi connectivity index (χ1) is 11.2. The van der Waals surface area contributed by atoms with Gasteiger partial charge in [0.05, 0.1) is 17.6 Å². The number of carbonyl (C=O) groups is 1. The zero-order chi connectivity index (χ0) is 15.8. The molecule has 0 N–H and O–H groups in total. The van der Waals surface area contributed by atoms with E-state index in [0.29, 0.717) is 28.6 Å². The summed E-state index contributed by atoms with van der Waals surface area (Å²) in [5.41, 5.74) is 0.534. The Kier molecular flexibility index (Phi) is 3.61. The van der Waals surface area contributed by atoms with Crippen molar-refractivity contribution in [1.29, 1.82) is 0 Å². The van der Waals surface area contributed by atoms with Gasteiger partial charge < -0.3 is 14.4 Å². The zero-order valence-electron chi connectivity index (χ0n) is 12.4. The van der Waals surface area contributed by atoms with Crippen molar-refractivity contribution >= 4 is 17.5 Å². The third-order valence-corrected chi connectivity index (χ3v) is 4.55. The molecule has 4 rings (SSSR count). The van der Waals surface area contributed by atoms with Crippen molar-refractivity contribution in [2.45, 2.75) is 25.4 Å². The lowest BCUT2D eigenvalue weighted by Crippen LogP contribution is -2.38. The molecule has 6 nitrogen and oxygen atoms in total. The molecule has 0 unspecified atom stereocenters. The number of fused-ring (bicyclic) bond motifs is 1. The number of aromatic nitrogens is 2. The standard InChI is InChI=1S/C16H16ClN3O3/c17-13-7-11(8-14-15(13)23-10-22-14)16(21)20-6-1-3-12(20)9-19-5-2-4-18-19/h2,4-5,7-8,12H,1,3,6,9-10H2/t12-/m0/s1. The molecule has 0 spiro atoms. The van der Waals surface area contributed by atoms with Crippen molar-refractivity contribution in [1.82, 2.24) is 14.7 Å². The highest BCUT2D eigenvalue weighted by atomic mass is 35.5. The van der Waals surface area contributed by atoms with Gasteiger partial charge in [0, 0.05) is 24.5 Å². The van der Waals surface area contributed by atoms with Crippen LogP contribution in [0.4, 0.5) is 0 Å². The van der Waals surface area contributed by atoms with Crippen LogP contribution in [0.3, 0.4) is 0 Å². The summed E-state index contributed by atoms with van der Waals surface area (Å²) in [5, 5.41) is 4.64. The number of rotatable bonds is 3. The van der Waals surface area contributed by atoms with E-state index in [2.05, 4.69) is 5.10 Å². The van der Waals surface area contributed by atoms with Crippen LogP contribution in [0.5, 0.6) is 11.5 Å². The topological polar surface area (TPSA) is 56.6 Å². The maximum Gasteiger partial charge on any atom is 0.254 e. The highest BCUT2D eigenvalue weighted by Crippen LogP contribution is 2.40. The van der Waals surface area contributed by atoms with Crippen LogP contribution in [-0.4, -0.2) is 40.0 Å². The average Bonchev–Trinajstić information content (AvgIpc) is 3.28. The molecule has 0 bridgehead atoms. The van der Waals surface area contributed by atoms with Gasteiger partial charge >= 0.3 is 0 Å². The van der Waals surface area contributed by atoms with E-state index >= 15 is 0 Å². The molecular formula is C16H16ClN3O3. The molecule has 1 amide bonds. The minimum absolute atomic E-state index is 0.0279. The monoisotopic (exact) mass is 333 g/mol. The fourth-order valence-corrected chi connectivity index (χ4v) is 3.44. The Hall–Kier alpha value is -2.21. The van der Waals surface area contributed by atoms with Gasteiger partial charge in [-0.1, -0.05) is 11.6 Å². The normalized spacial score (nSPS) is 19.3. The summed E-state index contributed by atoms with van der Waals surface area (Å²) < 4.78 is 12.5. The van der Waals surface area contributed by atoms with Crippen LogP contribution in [0, 0.1) is 0 Å². The van der Waals surface area contributed by atoms with E-state index in [0.717, 1.165) is 19.4 Å². The van der Waals surface area contributed by atoms with E-state index in [9.17, 15) is 4.79 Å². The molecule has 2 aromatic rings. The second-order valence-electron chi connectivity index (χ2n) is 5.71. The molecule has 23 heavy (non-hydrogen) atoms. The fourth-order valence-electron chi connectivity index (χ4n) is 3.17. The van der Waals surface area contributed by atoms with Crippen molar-refractivity contribution in [3.8, 4) is 11.5 Å². The Morgan fingerprint density at radius 3 is 3.13 bits per heavy atom. The molecule has 0 radical (unpaired) electrons. The number of amides is 1. The smallest absolute Gasteiger partial charge is 0.254 e. The van der Waals surface area contributed by atoms with Gasteiger partial charge in [-0.15, -0.1) is 0 Å². The van der Waals surface area contributed by atoms with Crippen molar-refractivity contribution < 1.29 is 14.3 Å². The first-order valence-electron chi connectivity index (χ1n) is 7.60. The molecule has 7 heteroatoms. The zero-order valence-corrected chi connectivity index (χ0v) is 13.2. The Morgan fingerprint density at radius 2 is 2.30 bits per heavy atom. The van der Waals surface area contributed by atoms with Crippen LogP contribution in [-0.2, 0) is 6.54 Å². The minimum Gasteiger partial charge on any atom is -0.454 e. The number of hydrogen-bond donors (Lipinski definition) is 0. The van der Waals surface area contributed by atoms with Gasteiger partial charge in [0.1, 0.15) is 0 Å². The first kappa shape index (κ1) is 14.4. The van der Waals surface area contributed by atoms with Crippen LogP contribution in [0.2, 0.25) is 5.02 Å². The molecule has 0 aliphatic carbocycles. The van der Waals surface area contributed by atoms with Crippen molar-refractivity contribution in [2.24, 2.45) is 0 Å². The number of benzene rings is 1. The molecule has 2 aliphatic rings. The molecule has 1 aromatic carbocycles. The highest BCUT2D eigenvalue weighted by molar-refractivity contribution is 6.32.